The van der Waals surface area contributed by atoms with E-state index < -0.39 is 12.1 Å². The molecule has 186 valence electrons. The zero-order chi connectivity index (χ0) is 24.9. The largest absolute Gasteiger partial charge is 0.490 e. The molecule has 0 bridgehead atoms. The summed E-state index contributed by atoms with van der Waals surface area (Å²) in [6, 6.07) is 11.1. The molecule has 2 aromatic rings. The third kappa shape index (κ3) is 6.40. The average molecular weight is 481 g/mol. The molecule has 1 amide bonds. The smallest absolute Gasteiger partial charge is 0.475 e. The molecule has 1 aliphatic heterocycles. The summed E-state index contributed by atoms with van der Waals surface area (Å²) in [4.78, 5) is 23.8. The normalized spacial score (nSPS) is 19.4. The maximum absolute atomic E-state index is 12.4. The first kappa shape index (κ1) is 25.8. The fraction of sp³-hybridized carbons (Fsp3) is 0.520. The third-order valence-electron chi connectivity index (χ3n) is 6.53. The minimum Gasteiger partial charge on any atom is -0.475 e. The van der Waals surface area contributed by atoms with Crippen molar-refractivity contribution >= 4 is 11.9 Å². The van der Waals surface area contributed by atoms with Gasteiger partial charge in [-0.15, -0.1) is 0 Å². The summed E-state index contributed by atoms with van der Waals surface area (Å²) in [5.41, 5.74) is 4.39. The SMILES string of the molecule is CC(C)NC(=O)CC1CC2(CCN(Cc3ccoc3)CC2)c2ccccc21.O=C(O)C(F)(F)F. The van der Waals surface area contributed by atoms with Crippen LogP contribution in [-0.4, -0.2) is 47.2 Å². The number of fused-ring (bicyclic) bond motifs is 2. The number of hydrogen-bond acceptors (Lipinski definition) is 4. The Bertz CT molecular complexity index is 965. The number of rotatable bonds is 5. The molecule has 1 aromatic carbocycles. The lowest BCUT2D eigenvalue weighted by Crippen LogP contribution is -2.41. The molecule has 1 saturated heterocycles. The van der Waals surface area contributed by atoms with Gasteiger partial charge in [-0.2, -0.15) is 13.2 Å². The Morgan fingerprint density at radius 1 is 1.21 bits per heavy atom. The zero-order valence-corrected chi connectivity index (χ0v) is 19.4. The van der Waals surface area contributed by atoms with Crippen molar-refractivity contribution in [2.45, 2.75) is 69.6 Å². The number of likely N-dealkylation sites (tertiary alicyclic amines) is 1. The number of carbonyl (C=O) groups excluding carboxylic acids is 1. The van der Waals surface area contributed by atoms with Crippen molar-refractivity contribution in [3.05, 3.63) is 59.5 Å². The summed E-state index contributed by atoms with van der Waals surface area (Å²) in [6.07, 6.45) is 2.57. The molecule has 0 saturated carbocycles. The van der Waals surface area contributed by atoms with Crippen molar-refractivity contribution in [1.29, 1.82) is 0 Å². The summed E-state index contributed by atoms with van der Waals surface area (Å²) in [7, 11) is 0. The van der Waals surface area contributed by atoms with Crippen molar-refractivity contribution in [3.63, 3.8) is 0 Å². The summed E-state index contributed by atoms with van der Waals surface area (Å²) < 4.78 is 36.9. The summed E-state index contributed by atoms with van der Waals surface area (Å²) >= 11 is 0. The monoisotopic (exact) mass is 480 g/mol. The van der Waals surface area contributed by atoms with Crippen molar-refractivity contribution in [2.75, 3.05) is 13.1 Å². The Hall–Kier alpha value is -2.81. The van der Waals surface area contributed by atoms with Crippen molar-refractivity contribution in [3.8, 4) is 0 Å². The van der Waals surface area contributed by atoms with Crippen LogP contribution in [0.5, 0.6) is 0 Å². The quantitative estimate of drug-likeness (QED) is 0.640. The second kappa shape index (κ2) is 10.6. The van der Waals surface area contributed by atoms with E-state index >= 15 is 0 Å². The maximum atomic E-state index is 12.4. The molecule has 6 nitrogen and oxygen atoms in total. The second-order valence-corrected chi connectivity index (χ2v) is 9.41. The molecular formula is C25H31F3N2O4. The van der Waals surface area contributed by atoms with Gasteiger partial charge in [-0.1, -0.05) is 24.3 Å². The van der Waals surface area contributed by atoms with Gasteiger partial charge in [-0.3, -0.25) is 9.69 Å². The highest BCUT2D eigenvalue weighted by Crippen LogP contribution is 2.52. The Labute approximate surface area is 197 Å². The van der Waals surface area contributed by atoms with Crippen LogP contribution in [0.25, 0.3) is 0 Å². The topological polar surface area (TPSA) is 82.8 Å². The van der Waals surface area contributed by atoms with E-state index in [4.69, 9.17) is 14.3 Å². The number of aliphatic carboxylic acids is 1. The van der Waals surface area contributed by atoms with Gasteiger partial charge in [0.05, 0.1) is 12.5 Å². The van der Waals surface area contributed by atoms with Crippen LogP contribution in [0.2, 0.25) is 0 Å². The summed E-state index contributed by atoms with van der Waals surface area (Å²) in [5, 5.41) is 10.2. The Balaban J connectivity index is 0.000000406. The summed E-state index contributed by atoms with van der Waals surface area (Å²) in [6.45, 7) is 7.22. The van der Waals surface area contributed by atoms with Crippen LogP contribution in [-0.2, 0) is 21.5 Å². The van der Waals surface area contributed by atoms with Gasteiger partial charge in [0.1, 0.15) is 0 Å². The van der Waals surface area contributed by atoms with Gasteiger partial charge in [-0.25, -0.2) is 4.79 Å². The molecule has 1 aliphatic carbocycles. The average Bonchev–Trinajstić information content (AvgIpc) is 3.36. The van der Waals surface area contributed by atoms with Crippen LogP contribution in [0, 0.1) is 0 Å². The highest BCUT2D eigenvalue weighted by Gasteiger charge is 2.45. The fourth-order valence-corrected chi connectivity index (χ4v) is 5.07. The number of halogens is 3. The minimum atomic E-state index is -5.08. The van der Waals surface area contributed by atoms with E-state index in [1.165, 1.54) is 29.5 Å². The molecule has 34 heavy (non-hydrogen) atoms. The van der Waals surface area contributed by atoms with E-state index in [9.17, 15) is 18.0 Å². The van der Waals surface area contributed by atoms with Gasteiger partial charge >= 0.3 is 12.1 Å². The van der Waals surface area contributed by atoms with Crippen LogP contribution in [0.15, 0.2) is 47.3 Å². The van der Waals surface area contributed by atoms with E-state index in [1.54, 1.807) is 6.26 Å². The molecule has 1 aromatic heterocycles. The molecule has 1 atom stereocenters. The fourth-order valence-electron chi connectivity index (χ4n) is 5.07. The molecule has 9 heteroatoms. The second-order valence-electron chi connectivity index (χ2n) is 9.41. The Kier molecular flexibility index (Phi) is 8.07. The first-order valence-corrected chi connectivity index (χ1v) is 11.4. The Morgan fingerprint density at radius 3 is 2.41 bits per heavy atom. The number of hydrogen-bond donors (Lipinski definition) is 2. The lowest BCUT2D eigenvalue weighted by molar-refractivity contribution is -0.192. The van der Waals surface area contributed by atoms with Crippen molar-refractivity contribution in [2.24, 2.45) is 0 Å². The maximum Gasteiger partial charge on any atom is 0.490 e. The molecule has 2 aliphatic rings. The van der Waals surface area contributed by atoms with Gasteiger partial charge < -0.3 is 14.8 Å². The molecule has 1 spiro atoms. The lowest BCUT2D eigenvalue weighted by atomic mass is 9.73. The van der Waals surface area contributed by atoms with E-state index in [-0.39, 0.29) is 17.4 Å². The first-order chi connectivity index (χ1) is 16.0. The predicted octanol–water partition coefficient (Wildman–Crippen LogP) is 4.85. The molecule has 2 N–H and O–H groups in total. The number of nitrogens with one attached hydrogen (secondary N) is 1. The van der Waals surface area contributed by atoms with E-state index in [2.05, 4.69) is 40.5 Å². The number of alkyl halides is 3. The molecular weight excluding hydrogens is 449 g/mol. The van der Waals surface area contributed by atoms with Crippen LogP contribution in [0.3, 0.4) is 0 Å². The number of carboxylic acids is 1. The predicted molar refractivity (Wildman–Crippen MR) is 120 cm³/mol. The van der Waals surface area contributed by atoms with Crippen LogP contribution in [0.4, 0.5) is 13.2 Å². The van der Waals surface area contributed by atoms with Crippen molar-refractivity contribution < 1.29 is 32.3 Å². The lowest BCUT2D eigenvalue weighted by Gasteiger charge is -2.40. The molecule has 0 radical (unpaired) electrons. The first-order valence-electron chi connectivity index (χ1n) is 11.4. The standard InChI is InChI=1S/C23H30N2O2.C2HF3O2/c1-17(2)24-22(26)13-19-14-23(21-6-4-3-5-20(19)21)8-10-25(11-9-23)15-18-7-12-27-16-18;3-2(4,5)1(6)7/h3-7,12,16-17,19H,8-11,13-15H2,1-2H3,(H,24,26);(H,6,7). The highest BCUT2D eigenvalue weighted by molar-refractivity contribution is 5.77. The summed E-state index contributed by atoms with van der Waals surface area (Å²) in [5.74, 6) is -2.23. The molecule has 2 heterocycles. The Morgan fingerprint density at radius 2 is 1.85 bits per heavy atom. The third-order valence-corrected chi connectivity index (χ3v) is 6.53. The number of carboxylic acid groups (broad SMARTS) is 1. The number of nitrogens with zero attached hydrogens (tertiary/aromatic N) is 1. The number of furan rings is 1. The van der Waals surface area contributed by atoms with E-state index in [1.807, 2.05) is 20.1 Å². The molecule has 4 rings (SSSR count). The van der Waals surface area contributed by atoms with Gasteiger partial charge in [0, 0.05) is 24.6 Å². The zero-order valence-electron chi connectivity index (χ0n) is 19.4. The minimum absolute atomic E-state index is 0.180. The van der Waals surface area contributed by atoms with Gasteiger partial charge in [0.25, 0.3) is 0 Å². The molecule has 1 unspecified atom stereocenters. The van der Waals surface area contributed by atoms with Gasteiger partial charge in [-0.05, 0) is 74.7 Å². The van der Waals surface area contributed by atoms with Gasteiger partial charge in [0.15, 0.2) is 0 Å². The van der Waals surface area contributed by atoms with Crippen LogP contribution >= 0.6 is 0 Å². The van der Waals surface area contributed by atoms with E-state index in [0.29, 0.717) is 12.3 Å². The number of piperidine rings is 1. The van der Waals surface area contributed by atoms with E-state index in [0.717, 1.165) is 26.1 Å². The highest BCUT2D eigenvalue weighted by atomic mass is 19.4. The molecule has 1 fully saturated rings. The van der Waals surface area contributed by atoms with Crippen LogP contribution in [0.1, 0.15) is 62.1 Å². The van der Waals surface area contributed by atoms with Crippen molar-refractivity contribution in [1.82, 2.24) is 10.2 Å². The number of carbonyl (C=O) groups is 2. The number of benzene rings is 1. The van der Waals surface area contributed by atoms with Crippen LogP contribution < -0.4 is 5.32 Å². The number of amides is 1. The van der Waals surface area contributed by atoms with Gasteiger partial charge in [0.2, 0.25) is 5.91 Å².